The fourth-order valence-electron chi connectivity index (χ4n) is 3.50. The molecule has 2 unspecified atom stereocenters. The second-order valence-electron chi connectivity index (χ2n) is 9.24. The zero-order chi connectivity index (χ0) is 26.2. The normalized spacial score (nSPS) is 12.9. The zero-order valence-corrected chi connectivity index (χ0v) is 20.9. The van der Waals surface area contributed by atoms with E-state index in [4.69, 9.17) is 4.74 Å². The number of rotatable bonds is 9. The third kappa shape index (κ3) is 7.99. The Kier molecular flexibility index (Phi) is 9.65. The molecule has 9 nitrogen and oxygen atoms in total. The number of carbonyl (C=O) groups is 3. The molecule has 0 aliphatic heterocycles. The van der Waals surface area contributed by atoms with Crippen LogP contribution >= 0.6 is 0 Å². The number of phenols is 1. The van der Waals surface area contributed by atoms with E-state index in [9.17, 15) is 24.6 Å². The molecular weight excluding hydrogens is 450 g/mol. The Bertz CT molecular complexity index is 1020. The van der Waals surface area contributed by atoms with E-state index in [1.165, 1.54) is 6.92 Å². The van der Waals surface area contributed by atoms with Crippen molar-refractivity contribution in [1.82, 2.24) is 15.5 Å². The molecule has 0 radical (unpaired) electrons. The first kappa shape index (κ1) is 27.7. The number of phenolic OH excluding ortho intramolecular Hbond substituents is 1. The van der Waals surface area contributed by atoms with Crippen molar-refractivity contribution < 1.29 is 29.3 Å². The molecule has 3 amide bonds. The lowest BCUT2D eigenvalue weighted by Crippen LogP contribution is -2.52. The molecule has 0 saturated heterocycles. The minimum atomic E-state index is -1.25. The summed E-state index contributed by atoms with van der Waals surface area (Å²) in [5, 5.41) is 25.7. The molecule has 2 aromatic carbocycles. The highest BCUT2D eigenvalue weighted by Gasteiger charge is 2.36. The van der Waals surface area contributed by atoms with Crippen molar-refractivity contribution in [3.8, 4) is 5.75 Å². The number of carbonyl (C=O) groups excluding carboxylic acids is 3. The van der Waals surface area contributed by atoms with Crippen LogP contribution in [0.3, 0.4) is 0 Å². The van der Waals surface area contributed by atoms with E-state index in [1.54, 1.807) is 45.9 Å². The van der Waals surface area contributed by atoms with Gasteiger partial charge in [-0.3, -0.25) is 9.59 Å². The number of nitrogens with zero attached hydrogens (tertiary/aromatic N) is 1. The maximum atomic E-state index is 13.4. The number of aryl methyl sites for hydroxylation is 1. The lowest BCUT2D eigenvalue weighted by atomic mass is 9.99. The Balaban J connectivity index is 2.37. The minimum Gasteiger partial charge on any atom is -0.507 e. The van der Waals surface area contributed by atoms with Gasteiger partial charge >= 0.3 is 6.09 Å². The first-order valence-corrected chi connectivity index (χ1v) is 11.5. The van der Waals surface area contributed by atoms with Crippen LogP contribution in [0.5, 0.6) is 5.75 Å². The van der Waals surface area contributed by atoms with Gasteiger partial charge in [0.1, 0.15) is 23.4 Å². The highest BCUT2D eigenvalue weighted by molar-refractivity contribution is 5.92. The summed E-state index contributed by atoms with van der Waals surface area (Å²) in [6.45, 7) is 7.82. The van der Waals surface area contributed by atoms with Gasteiger partial charge in [-0.15, -0.1) is 0 Å². The Labute approximate surface area is 206 Å². The molecule has 0 aliphatic carbocycles. The Morgan fingerprint density at radius 3 is 2.31 bits per heavy atom. The lowest BCUT2D eigenvalue weighted by Gasteiger charge is -2.33. The first-order chi connectivity index (χ1) is 16.4. The molecule has 9 heteroatoms. The predicted octanol–water partition coefficient (Wildman–Crippen LogP) is 2.79. The van der Waals surface area contributed by atoms with Crippen LogP contribution in [0.15, 0.2) is 48.5 Å². The van der Waals surface area contributed by atoms with E-state index in [2.05, 4.69) is 10.6 Å². The Morgan fingerprint density at radius 1 is 1.06 bits per heavy atom. The number of hydrogen-bond acceptors (Lipinski definition) is 6. The number of amides is 3. The number of nitrogens with one attached hydrogen (secondary N) is 2. The standard InChI is InChI=1S/C26H35N3O6/c1-17-10-9-13-20(22(17)31)21(23(32)27-16-19-11-7-6-8-12-19)29(14-15-30)24(33)18(2)28-25(34)35-26(3,4)5/h6-13,18,21,30-31H,14-16H2,1-5H3,(H,27,32)(H,28,34). The van der Waals surface area contributed by atoms with Crippen LogP contribution in [0.4, 0.5) is 4.79 Å². The van der Waals surface area contributed by atoms with Gasteiger partial charge in [0, 0.05) is 18.7 Å². The SMILES string of the molecule is Cc1cccc(C(C(=O)NCc2ccccc2)N(CCO)C(=O)C(C)NC(=O)OC(C)(C)C)c1O. The van der Waals surface area contributed by atoms with Crippen molar-refractivity contribution in [1.29, 1.82) is 0 Å². The van der Waals surface area contributed by atoms with Crippen LogP contribution < -0.4 is 10.6 Å². The molecule has 2 rings (SSSR count). The minimum absolute atomic E-state index is 0.129. The number of aliphatic hydroxyl groups excluding tert-OH is 1. The number of benzene rings is 2. The average Bonchev–Trinajstić information content (AvgIpc) is 2.78. The lowest BCUT2D eigenvalue weighted by molar-refractivity contribution is -0.142. The molecule has 2 atom stereocenters. The molecular formula is C26H35N3O6. The van der Waals surface area contributed by atoms with Gasteiger partial charge in [0.25, 0.3) is 0 Å². The van der Waals surface area contributed by atoms with Crippen molar-refractivity contribution in [2.75, 3.05) is 13.2 Å². The highest BCUT2D eigenvalue weighted by atomic mass is 16.6. The zero-order valence-electron chi connectivity index (χ0n) is 20.9. The van der Waals surface area contributed by atoms with Gasteiger partial charge in [0.2, 0.25) is 11.8 Å². The van der Waals surface area contributed by atoms with Gasteiger partial charge in [-0.2, -0.15) is 0 Å². The average molecular weight is 486 g/mol. The molecule has 35 heavy (non-hydrogen) atoms. The fraction of sp³-hybridized carbons (Fsp3) is 0.423. The van der Waals surface area contributed by atoms with E-state index in [1.807, 2.05) is 30.3 Å². The van der Waals surface area contributed by atoms with Gasteiger partial charge in [0.15, 0.2) is 0 Å². The molecule has 0 spiro atoms. The summed E-state index contributed by atoms with van der Waals surface area (Å²) in [5.74, 6) is -1.29. The highest BCUT2D eigenvalue weighted by Crippen LogP contribution is 2.32. The largest absolute Gasteiger partial charge is 0.507 e. The van der Waals surface area contributed by atoms with E-state index in [0.29, 0.717) is 5.56 Å². The van der Waals surface area contributed by atoms with Crippen LogP contribution in [-0.2, 0) is 20.9 Å². The first-order valence-electron chi connectivity index (χ1n) is 11.5. The van der Waals surface area contributed by atoms with Crippen molar-refractivity contribution in [3.63, 3.8) is 0 Å². The molecule has 2 aromatic rings. The van der Waals surface area contributed by atoms with Gasteiger partial charge in [-0.05, 0) is 45.7 Å². The van der Waals surface area contributed by atoms with Crippen LogP contribution in [0.2, 0.25) is 0 Å². The molecule has 0 fully saturated rings. The summed E-state index contributed by atoms with van der Waals surface area (Å²) in [6, 6.07) is 11.8. The number of hydrogen-bond donors (Lipinski definition) is 4. The maximum Gasteiger partial charge on any atom is 0.408 e. The summed E-state index contributed by atoms with van der Waals surface area (Å²) in [5.41, 5.74) is 0.833. The van der Waals surface area contributed by atoms with Gasteiger partial charge in [0.05, 0.1) is 6.61 Å². The molecule has 0 saturated carbocycles. The smallest absolute Gasteiger partial charge is 0.408 e. The molecule has 0 bridgehead atoms. The topological polar surface area (TPSA) is 128 Å². The molecule has 0 heterocycles. The Hall–Kier alpha value is -3.59. The summed E-state index contributed by atoms with van der Waals surface area (Å²) in [4.78, 5) is 40.2. The summed E-state index contributed by atoms with van der Waals surface area (Å²) in [6.07, 6.45) is -0.786. The third-order valence-corrected chi connectivity index (χ3v) is 5.16. The van der Waals surface area contributed by atoms with E-state index >= 15 is 0 Å². The summed E-state index contributed by atoms with van der Waals surface area (Å²) < 4.78 is 5.22. The monoisotopic (exact) mass is 485 g/mol. The second-order valence-corrected chi connectivity index (χ2v) is 9.24. The van der Waals surface area contributed by atoms with E-state index in [0.717, 1.165) is 10.5 Å². The Morgan fingerprint density at radius 2 is 1.71 bits per heavy atom. The van der Waals surface area contributed by atoms with Crippen molar-refractivity contribution in [3.05, 3.63) is 65.2 Å². The van der Waals surface area contributed by atoms with Gasteiger partial charge in [-0.25, -0.2) is 4.79 Å². The number of ether oxygens (including phenoxy) is 1. The summed E-state index contributed by atoms with van der Waals surface area (Å²) >= 11 is 0. The van der Waals surface area contributed by atoms with Crippen molar-refractivity contribution in [2.45, 2.75) is 58.8 Å². The van der Waals surface area contributed by atoms with Crippen LogP contribution in [-0.4, -0.2) is 57.8 Å². The van der Waals surface area contributed by atoms with E-state index in [-0.39, 0.29) is 24.4 Å². The van der Waals surface area contributed by atoms with Crippen LogP contribution in [0, 0.1) is 6.92 Å². The van der Waals surface area contributed by atoms with Gasteiger partial charge in [-0.1, -0.05) is 48.5 Å². The molecule has 0 aromatic heterocycles. The fourth-order valence-corrected chi connectivity index (χ4v) is 3.50. The van der Waals surface area contributed by atoms with Crippen LogP contribution in [0.1, 0.15) is 50.4 Å². The predicted molar refractivity (Wildman–Crippen MR) is 132 cm³/mol. The maximum absolute atomic E-state index is 13.4. The molecule has 190 valence electrons. The molecule has 4 N–H and O–H groups in total. The third-order valence-electron chi connectivity index (χ3n) is 5.16. The number of alkyl carbamates (subject to hydrolysis) is 1. The van der Waals surface area contributed by atoms with Crippen LogP contribution in [0.25, 0.3) is 0 Å². The summed E-state index contributed by atoms with van der Waals surface area (Å²) in [7, 11) is 0. The molecule has 0 aliphatic rings. The van der Waals surface area contributed by atoms with Crippen molar-refractivity contribution in [2.24, 2.45) is 0 Å². The van der Waals surface area contributed by atoms with E-state index < -0.39 is 42.2 Å². The number of aromatic hydroxyl groups is 1. The number of aliphatic hydroxyl groups is 1. The second kappa shape index (κ2) is 12.2. The quantitative estimate of drug-likeness (QED) is 0.432. The number of para-hydroxylation sites is 1. The van der Waals surface area contributed by atoms with Gasteiger partial charge < -0.3 is 30.5 Å². The van der Waals surface area contributed by atoms with Crippen molar-refractivity contribution >= 4 is 17.9 Å².